The first-order chi connectivity index (χ1) is 7.13. The fourth-order valence-electron chi connectivity index (χ4n) is 1.87. The molecule has 0 fully saturated rings. The van der Waals surface area contributed by atoms with Crippen LogP contribution in [0.1, 0.15) is 50.2 Å². The zero-order chi connectivity index (χ0) is 11.3. The van der Waals surface area contributed by atoms with Gasteiger partial charge < -0.3 is 0 Å². The van der Waals surface area contributed by atoms with E-state index in [1.54, 1.807) is 0 Å². The van der Waals surface area contributed by atoms with Gasteiger partial charge >= 0.3 is 0 Å². The minimum absolute atomic E-state index is 0.697. The maximum atomic E-state index is 3.97. The van der Waals surface area contributed by atoms with Crippen LogP contribution in [0.15, 0.2) is 36.4 Å². The van der Waals surface area contributed by atoms with E-state index in [9.17, 15) is 0 Å². The molecule has 15 heavy (non-hydrogen) atoms. The smallest absolute Gasteiger partial charge is 0.0162 e. The molecule has 82 valence electrons. The number of allylic oxidation sites excluding steroid dienone is 1. The summed E-state index contributed by atoms with van der Waals surface area (Å²) in [6.45, 7) is 10.5. The quantitative estimate of drug-likeness (QED) is 0.599. The molecular weight excluding hydrogens is 180 g/mol. The van der Waals surface area contributed by atoms with Crippen LogP contribution in [0.3, 0.4) is 0 Å². The maximum Gasteiger partial charge on any atom is -0.0162 e. The predicted molar refractivity (Wildman–Crippen MR) is 68.3 cm³/mol. The Hall–Kier alpha value is -1.04. The van der Waals surface area contributed by atoms with E-state index in [0.29, 0.717) is 5.92 Å². The van der Waals surface area contributed by atoms with Crippen LogP contribution in [0.25, 0.3) is 0 Å². The summed E-state index contributed by atoms with van der Waals surface area (Å²) in [4.78, 5) is 0. The molecule has 0 N–H and O–H groups in total. The molecule has 0 nitrogen and oxygen atoms in total. The van der Waals surface area contributed by atoms with Crippen LogP contribution in [-0.2, 0) is 0 Å². The Balaban J connectivity index is 2.65. The van der Waals surface area contributed by atoms with E-state index in [2.05, 4.69) is 51.6 Å². The molecule has 0 unspecified atom stereocenters. The molecule has 0 bridgehead atoms. The summed E-state index contributed by atoms with van der Waals surface area (Å²) >= 11 is 0. The average Bonchev–Trinajstić information content (AvgIpc) is 2.21. The number of benzene rings is 1. The minimum atomic E-state index is 0.697. The molecule has 0 saturated heterocycles. The topological polar surface area (TPSA) is 0 Å². The Labute approximate surface area is 94.0 Å². The van der Waals surface area contributed by atoms with Crippen LogP contribution in [0.4, 0.5) is 0 Å². The number of aryl methyl sites for hydroxylation is 1. The summed E-state index contributed by atoms with van der Waals surface area (Å²) in [6.07, 6.45) is 3.59. The number of hydrogen-bond donors (Lipinski definition) is 0. The summed E-state index contributed by atoms with van der Waals surface area (Å²) in [7, 11) is 0. The van der Waals surface area contributed by atoms with Crippen LogP contribution in [0.2, 0.25) is 0 Å². The van der Waals surface area contributed by atoms with Gasteiger partial charge in [-0.15, -0.1) is 6.58 Å². The molecule has 1 aromatic carbocycles. The first kappa shape index (κ1) is 12.0. The molecule has 1 rings (SSSR count). The van der Waals surface area contributed by atoms with Crippen molar-refractivity contribution in [3.8, 4) is 0 Å². The fraction of sp³-hybridized carbons (Fsp3) is 0.467. The largest absolute Gasteiger partial charge is 0.100 e. The van der Waals surface area contributed by atoms with Gasteiger partial charge in [-0.1, -0.05) is 42.3 Å². The average molecular weight is 202 g/mol. The Morgan fingerprint density at radius 3 is 2.33 bits per heavy atom. The SMILES string of the molecule is C=C(C)CC[C@H](CC)c1ccc(C)cc1. The lowest BCUT2D eigenvalue weighted by Gasteiger charge is -2.15. The van der Waals surface area contributed by atoms with Crippen LogP contribution in [-0.4, -0.2) is 0 Å². The second-order valence-electron chi connectivity index (χ2n) is 4.51. The molecule has 0 heterocycles. The first-order valence-corrected chi connectivity index (χ1v) is 5.84. The molecular formula is C15H22. The molecule has 0 aliphatic heterocycles. The van der Waals surface area contributed by atoms with Gasteiger partial charge in [0.1, 0.15) is 0 Å². The number of hydrogen-bond acceptors (Lipinski definition) is 0. The summed E-state index contributed by atoms with van der Waals surface area (Å²) in [5.74, 6) is 0.697. The van der Waals surface area contributed by atoms with E-state index < -0.39 is 0 Å². The molecule has 0 saturated carbocycles. The van der Waals surface area contributed by atoms with Crippen molar-refractivity contribution >= 4 is 0 Å². The highest BCUT2D eigenvalue weighted by Crippen LogP contribution is 2.26. The molecule has 1 atom stereocenters. The molecule has 0 aliphatic carbocycles. The van der Waals surface area contributed by atoms with Gasteiger partial charge in [0.15, 0.2) is 0 Å². The van der Waals surface area contributed by atoms with Gasteiger partial charge in [0.2, 0.25) is 0 Å². The predicted octanol–water partition coefficient (Wildman–Crippen LogP) is 4.84. The summed E-state index contributed by atoms with van der Waals surface area (Å²) in [5.41, 5.74) is 4.11. The second-order valence-corrected chi connectivity index (χ2v) is 4.51. The fourth-order valence-corrected chi connectivity index (χ4v) is 1.87. The summed E-state index contributed by atoms with van der Waals surface area (Å²) in [5, 5.41) is 0. The highest BCUT2D eigenvalue weighted by Gasteiger charge is 2.08. The van der Waals surface area contributed by atoms with Crippen molar-refractivity contribution < 1.29 is 0 Å². The van der Waals surface area contributed by atoms with E-state index in [4.69, 9.17) is 0 Å². The third-order valence-corrected chi connectivity index (χ3v) is 2.96. The normalized spacial score (nSPS) is 12.5. The summed E-state index contributed by atoms with van der Waals surface area (Å²) < 4.78 is 0. The summed E-state index contributed by atoms with van der Waals surface area (Å²) in [6, 6.07) is 8.95. The van der Waals surface area contributed by atoms with Gasteiger partial charge in [-0.05, 0) is 44.6 Å². The van der Waals surface area contributed by atoms with E-state index >= 15 is 0 Å². The molecule has 0 heteroatoms. The molecule has 0 aromatic heterocycles. The van der Waals surface area contributed by atoms with Gasteiger partial charge in [0.05, 0.1) is 0 Å². The van der Waals surface area contributed by atoms with Gasteiger partial charge in [-0.2, -0.15) is 0 Å². The van der Waals surface area contributed by atoms with Crippen molar-refractivity contribution in [1.82, 2.24) is 0 Å². The van der Waals surface area contributed by atoms with Crippen molar-refractivity contribution in [3.63, 3.8) is 0 Å². The Bertz CT molecular complexity index is 305. The van der Waals surface area contributed by atoms with Gasteiger partial charge in [0, 0.05) is 0 Å². The zero-order valence-corrected chi connectivity index (χ0v) is 10.2. The van der Waals surface area contributed by atoms with E-state index in [-0.39, 0.29) is 0 Å². The van der Waals surface area contributed by atoms with Gasteiger partial charge in [-0.25, -0.2) is 0 Å². The third kappa shape index (κ3) is 3.91. The van der Waals surface area contributed by atoms with E-state index in [1.807, 2.05) is 0 Å². The number of rotatable bonds is 5. The molecule has 1 aromatic rings. The minimum Gasteiger partial charge on any atom is -0.100 e. The highest BCUT2D eigenvalue weighted by atomic mass is 14.1. The van der Waals surface area contributed by atoms with Crippen LogP contribution >= 0.6 is 0 Å². The highest BCUT2D eigenvalue weighted by molar-refractivity contribution is 5.24. The van der Waals surface area contributed by atoms with Crippen molar-refractivity contribution in [3.05, 3.63) is 47.5 Å². The molecule has 0 radical (unpaired) electrons. The molecule has 0 amide bonds. The van der Waals surface area contributed by atoms with Crippen molar-refractivity contribution in [1.29, 1.82) is 0 Å². The van der Waals surface area contributed by atoms with Gasteiger partial charge in [0.25, 0.3) is 0 Å². The zero-order valence-electron chi connectivity index (χ0n) is 10.2. The Kier molecular flexibility index (Phi) is 4.61. The van der Waals surface area contributed by atoms with E-state index in [1.165, 1.54) is 29.5 Å². The van der Waals surface area contributed by atoms with Crippen molar-refractivity contribution in [2.24, 2.45) is 0 Å². The van der Waals surface area contributed by atoms with Gasteiger partial charge in [-0.3, -0.25) is 0 Å². The van der Waals surface area contributed by atoms with Crippen molar-refractivity contribution in [2.45, 2.75) is 46.0 Å². The Morgan fingerprint density at radius 1 is 1.27 bits per heavy atom. The lowest BCUT2D eigenvalue weighted by Crippen LogP contribution is -1.97. The second kappa shape index (κ2) is 5.75. The van der Waals surface area contributed by atoms with Crippen LogP contribution < -0.4 is 0 Å². The van der Waals surface area contributed by atoms with Crippen molar-refractivity contribution in [2.75, 3.05) is 0 Å². The Morgan fingerprint density at radius 2 is 1.87 bits per heavy atom. The standard InChI is InChI=1S/C15H22/c1-5-14(9-6-12(2)3)15-10-7-13(4)8-11-15/h7-8,10-11,14H,2,5-6,9H2,1,3-4H3/t14-/m0/s1. The van der Waals surface area contributed by atoms with Crippen LogP contribution in [0.5, 0.6) is 0 Å². The van der Waals surface area contributed by atoms with Crippen LogP contribution in [0, 0.1) is 6.92 Å². The third-order valence-electron chi connectivity index (χ3n) is 2.96. The maximum absolute atomic E-state index is 3.97. The lowest BCUT2D eigenvalue weighted by molar-refractivity contribution is 0.604. The molecule has 0 aliphatic rings. The molecule has 0 spiro atoms. The lowest BCUT2D eigenvalue weighted by atomic mass is 9.90. The van der Waals surface area contributed by atoms with E-state index in [0.717, 1.165) is 6.42 Å². The first-order valence-electron chi connectivity index (χ1n) is 5.84. The monoisotopic (exact) mass is 202 g/mol.